The Bertz CT molecular complexity index is 663. The Morgan fingerprint density at radius 2 is 2.05 bits per heavy atom. The largest absolute Gasteiger partial charge is 0.444 e. The highest BCUT2D eigenvalue weighted by molar-refractivity contribution is 6.31. The lowest BCUT2D eigenvalue weighted by molar-refractivity contribution is -0.126. The van der Waals surface area contributed by atoms with Crippen molar-refractivity contribution in [3.05, 3.63) is 28.8 Å². The molecule has 1 fully saturated rings. The molecule has 0 heterocycles. The summed E-state index contributed by atoms with van der Waals surface area (Å²) in [6.45, 7) is 5.27. The van der Waals surface area contributed by atoms with Crippen LogP contribution in [0, 0.1) is 11.3 Å². The van der Waals surface area contributed by atoms with Gasteiger partial charge in [-0.1, -0.05) is 17.7 Å². The van der Waals surface area contributed by atoms with Gasteiger partial charge in [0.1, 0.15) is 11.4 Å². The molecule has 0 saturated heterocycles. The van der Waals surface area contributed by atoms with Gasteiger partial charge in [0.25, 0.3) is 0 Å². The van der Waals surface area contributed by atoms with Crippen LogP contribution in [0.3, 0.4) is 0 Å². The molecule has 6 heteroatoms. The second-order valence-electron chi connectivity index (χ2n) is 6.40. The van der Waals surface area contributed by atoms with Crippen LogP contribution in [0.15, 0.2) is 18.2 Å². The van der Waals surface area contributed by atoms with Crippen LogP contribution in [0.25, 0.3) is 0 Å². The summed E-state index contributed by atoms with van der Waals surface area (Å²) in [6, 6.07) is 7.05. The normalized spacial score (nSPS) is 16.4. The maximum Gasteiger partial charge on any atom is 0.412 e. The molecule has 0 unspecified atom stereocenters. The van der Waals surface area contributed by atoms with Gasteiger partial charge in [0.15, 0.2) is 0 Å². The van der Waals surface area contributed by atoms with Gasteiger partial charge in [-0.15, -0.1) is 0 Å². The van der Waals surface area contributed by atoms with Crippen molar-refractivity contribution >= 4 is 29.2 Å². The average Bonchev–Trinajstić information content (AvgIpc) is 2.33. The molecule has 0 radical (unpaired) electrons. The molecule has 1 saturated carbocycles. The Kier molecular flexibility index (Phi) is 4.17. The van der Waals surface area contributed by atoms with Crippen LogP contribution >= 0.6 is 11.6 Å². The van der Waals surface area contributed by atoms with E-state index in [9.17, 15) is 14.9 Å². The molecule has 0 bridgehead atoms. The van der Waals surface area contributed by atoms with E-state index >= 15 is 0 Å². The summed E-state index contributed by atoms with van der Waals surface area (Å²) in [5.74, 6) is 0.0275. The van der Waals surface area contributed by atoms with Crippen molar-refractivity contribution in [3.63, 3.8) is 0 Å². The van der Waals surface area contributed by atoms with E-state index in [2.05, 4.69) is 11.4 Å². The summed E-state index contributed by atoms with van der Waals surface area (Å²) < 4.78 is 5.21. The molecule has 1 N–H and O–H groups in total. The number of ether oxygens (including phenoxy) is 1. The summed E-state index contributed by atoms with van der Waals surface area (Å²) in [6.07, 6.45) is -0.336. The van der Waals surface area contributed by atoms with Gasteiger partial charge in [0, 0.05) is 17.9 Å². The van der Waals surface area contributed by atoms with Gasteiger partial charge >= 0.3 is 6.09 Å². The first kappa shape index (κ1) is 16.3. The Morgan fingerprint density at radius 1 is 1.41 bits per heavy atom. The topological polar surface area (TPSA) is 79.2 Å². The molecule has 0 spiro atoms. The third-order valence-corrected chi connectivity index (χ3v) is 3.58. The third-order valence-electron chi connectivity index (χ3n) is 3.34. The Balaban J connectivity index is 2.32. The SMILES string of the molecule is CC(C)(C)OC(=O)Nc1cc(Cl)ccc1C1(C#N)CC(=O)C1. The fourth-order valence-corrected chi connectivity index (χ4v) is 2.57. The summed E-state index contributed by atoms with van der Waals surface area (Å²) in [5, 5.41) is 12.5. The number of hydrogen-bond acceptors (Lipinski definition) is 4. The van der Waals surface area contributed by atoms with E-state index in [0.717, 1.165) is 0 Å². The highest BCUT2D eigenvalue weighted by Crippen LogP contribution is 2.44. The second kappa shape index (κ2) is 5.62. The zero-order chi connectivity index (χ0) is 16.5. The van der Waals surface area contributed by atoms with Crippen LogP contribution in [0.5, 0.6) is 0 Å². The van der Waals surface area contributed by atoms with E-state index in [1.807, 2.05) is 0 Å². The molecule has 0 aromatic heterocycles. The number of rotatable bonds is 2. The number of benzene rings is 1. The maximum atomic E-state index is 12.0. The number of nitriles is 1. The number of amides is 1. The fourth-order valence-electron chi connectivity index (χ4n) is 2.40. The van der Waals surface area contributed by atoms with Crippen molar-refractivity contribution in [3.8, 4) is 6.07 Å². The van der Waals surface area contributed by atoms with E-state index in [1.165, 1.54) is 0 Å². The summed E-state index contributed by atoms with van der Waals surface area (Å²) in [4.78, 5) is 23.3. The van der Waals surface area contributed by atoms with Crippen molar-refractivity contribution in [1.29, 1.82) is 5.26 Å². The van der Waals surface area contributed by atoms with Crippen LogP contribution < -0.4 is 5.32 Å². The molecule has 1 amide bonds. The first-order chi connectivity index (χ1) is 10.1. The quantitative estimate of drug-likeness (QED) is 0.898. The van der Waals surface area contributed by atoms with Gasteiger partial charge in [-0.05, 0) is 38.5 Å². The standard InChI is InChI=1S/C16H17ClN2O3/c1-15(2,3)22-14(21)19-13-6-10(17)4-5-12(13)16(9-18)7-11(20)8-16/h4-6H,7-8H2,1-3H3,(H,19,21). The van der Waals surface area contributed by atoms with Crippen molar-refractivity contribution < 1.29 is 14.3 Å². The van der Waals surface area contributed by atoms with Crippen LogP contribution in [-0.4, -0.2) is 17.5 Å². The number of halogens is 1. The van der Waals surface area contributed by atoms with Crippen molar-refractivity contribution in [1.82, 2.24) is 0 Å². The summed E-state index contributed by atoms with van der Waals surface area (Å²) in [5.41, 5.74) is -0.547. The lowest BCUT2D eigenvalue weighted by atomic mass is 9.64. The number of nitrogens with zero attached hydrogens (tertiary/aromatic N) is 1. The minimum Gasteiger partial charge on any atom is -0.444 e. The monoisotopic (exact) mass is 320 g/mol. The molecule has 116 valence electrons. The molecule has 1 aliphatic carbocycles. The Morgan fingerprint density at radius 3 is 2.55 bits per heavy atom. The molecule has 22 heavy (non-hydrogen) atoms. The molecule has 5 nitrogen and oxygen atoms in total. The van der Waals surface area contributed by atoms with Gasteiger partial charge < -0.3 is 4.74 Å². The van der Waals surface area contributed by atoms with Crippen molar-refractivity contribution in [2.45, 2.75) is 44.6 Å². The van der Waals surface area contributed by atoms with E-state index in [0.29, 0.717) is 16.3 Å². The highest BCUT2D eigenvalue weighted by atomic mass is 35.5. The van der Waals surface area contributed by atoms with E-state index < -0.39 is 17.1 Å². The van der Waals surface area contributed by atoms with Crippen LogP contribution in [-0.2, 0) is 14.9 Å². The number of ketones is 1. The number of nitrogens with one attached hydrogen (secondary N) is 1. The van der Waals surface area contributed by atoms with Crippen molar-refractivity contribution in [2.24, 2.45) is 0 Å². The molecule has 0 aliphatic heterocycles. The van der Waals surface area contributed by atoms with E-state index in [1.54, 1.807) is 39.0 Å². The van der Waals surface area contributed by atoms with Gasteiger partial charge in [-0.3, -0.25) is 10.1 Å². The van der Waals surface area contributed by atoms with Crippen LogP contribution in [0.4, 0.5) is 10.5 Å². The predicted octanol–water partition coefficient (Wildman–Crippen LogP) is 3.81. The molecule has 1 aromatic rings. The molecular formula is C16H17ClN2O3. The zero-order valence-corrected chi connectivity index (χ0v) is 13.5. The Labute approximate surface area is 134 Å². The zero-order valence-electron chi connectivity index (χ0n) is 12.7. The third kappa shape index (κ3) is 3.40. The van der Waals surface area contributed by atoms with Crippen LogP contribution in [0.2, 0.25) is 5.02 Å². The fraction of sp³-hybridized carbons (Fsp3) is 0.438. The number of Topliss-reactive ketones (excluding diaryl/α,β-unsaturated/α-hetero) is 1. The smallest absolute Gasteiger partial charge is 0.412 e. The number of carbonyl (C=O) groups is 2. The lowest BCUT2D eigenvalue weighted by Gasteiger charge is -2.35. The highest BCUT2D eigenvalue weighted by Gasteiger charge is 2.47. The lowest BCUT2D eigenvalue weighted by Crippen LogP contribution is -2.41. The molecular weight excluding hydrogens is 304 g/mol. The molecule has 1 aliphatic rings. The Hall–Kier alpha value is -2.06. The average molecular weight is 321 g/mol. The minimum absolute atomic E-state index is 0.0275. The number of hydrogen-bond donors (Lipinski definition) is 1. The van der Waals surface area contributed by atoms with E-state index in [4.69, 9.17) is 16.3 Å². The first-order valence-corrected chi connectivity index (χ1v) is 7.26. The minimum atomic E-state index is -0.897. The molecule has 1 aromatic carbocycles. The van der Waals surface area contributed by atoms with Crippen molar-refractivity contribution in [2.75, 3.05) is 5.32 Å². The number of carbonyl (C=O) groups excluding carboxylic acids is 2. The van der Waals surface area contributed by atoms with Gasteiger partial charge in [0.2, 0.25) is 0 Å². The summed E-state index contributed by atoms with van der Waals surface area (Å²) >= 11 is 5.97. The molecule has 0 atom stereocenters. The summed E-state index contributed by atoms with van der Waals surface area (Å²) in [7, 11) is 0. The number of anilines is 1. The first-order valence-electron chi connectivity index (χ1n) is 6.88. The maximum absolute atomic E-state index is 12.0. The predicted molar refractivity (Wildman–Crippen MR) is 82.8 cm³/mol. The molecule has 2 rings (SSSR count). The van der Waals surface area contributed by atoms with Gasteiger partial charge in [-0.2, -0.15) is 5.26 Å². The second-order valence-corrected chi connectivity index (χ2v) is 6.84. The van der Waals surface area contributed by atoms with Gasteiger partial charge in [0.05, 0.1) is 17.2 Å². The van der Waals surface area contributed by atoms with Gasteiger partial charge in [-0.25, -0.2) is 4.79 Å². The van der Waals surface area contributed by atoms with Crippen LogP contribution in [0.1, 0.15) is 39.2 Å². The van der Waals surface area contributed by atoms with E-state index in [-0.39, 0.29) is 18.6 Å².